The predicted octanol–water partition coefficient (Wildman–Crippen LogP) is 3.21. The number of hydrogen-bond acceptors (Lipinski definition) is 5. The van der Waals surface area contributed by atoms with E-state index in [0.29, 0.717) is 5.75 Å². The summed E-state index contributed by atoms with van der Waals surface area (Å²) >= 11 is 0. The Morgan fingerprint density at radius 3 is 2.50 bits per heavy atom. The van der Waals surface area contributed by atoms with Gasteiger partial charge in [0.25, 0.3) is 5.69 Å². The van der Waals surface area contributed by atoms with Crippen LogP contribution in [0, 0.1) is 29.9 Å². The summed E-state index contributed by atoms with van der Waals surface area (Å²) in [4.78, 5) is 37.4. The fourth-order valence-electron chi connectivity index (χ4n) is 3.38. The molecular formula is C20H21N3O5. The van der Waals surface area contributed by atoms with E-state index in [4.69, 9.17) is 4.74 Å². The standard InChI is InChI=1S/C20H21N3O5/c1-12-6-13(2)8-15(7-12)22-11-14(9-19(22)24)20(25)21-17-10-16(28-3)4-5-18(17)23(26)27/h4-8,10,14H,9,11H2,1-3H3,(H,21,25)/t14-/m1/s1. The van der Waals surface area contributed by atoms with Gasteiger partial charge in [-0.3, -0.25) is 19.7 Å². The summed E-state index contributed by atoms with van der Waals surface area (Å²) in [7, 11) is 1.43. The quantitative estimate of drug-likeness (QED) is 0.631. The number of nitrogens with one attached hydrogen (secondary N) is 1. The molecule has 2 aromatic rings. The molecule has 1 aliphatic heterocycles. The number of benzene rings is 2. The van der Waals surface area contributed by atoms with Gasteiger partial charge in [-0.1, -0.05) is 6.07 Å². The van der Waals surface area contributed by atoms with Crippen molar-refractivity contribution in [3.8, 4) is 5.75 Å². The third-order valence-electron chi connectivity index (χ3n) is 4.67. The summed E-state index contributed by atoms with van der Waals surface area (Å²) in [5, 5.41) is 13.8. The average Bonchev–Trinajstić information content (AvgIpc) is 3.02. The van der Waals surface area contributed by atoms with Crippen LogP contribution < -0.4 is 15.0 Å². The molecule has 0 spiro atoms. The smallest absolute Gasteiger partial charge is 0.293 e. The SMILES string of the molecule is COc1ccc([N+](=O)[O-])c(NC(=O)[C@@H]2CC(=O)N(c3cc(C)cc(C)c3)C2)c1. The largest absolute Gasteiger partial charge is 0.497 e. The highest BCUT2D eigenvalue weighted by Gasteiger charge is 2.36. The second kappa shape index (κ2) is 7.67. The molecule has 28 heavy (non-hydrogen) atoms. The number of methoxy groups -OCH3 is 1. The van der Waals surface area contributed by atoms with Gasteiger partial charge in [-0.25, -0.2) is 0 Å². The minimum atomic E-state index is -0.598. The first kappa shape index (κ1) is 19.3. The average molecular weight is 383 g/mol. The Morgan fingerprint density at radius 1 is 1.21 bits per heavy atom. The van der Waals surface area contributed by atoms with Crippen molar-refractivity contribution in [1.29, 1.82) is 0 Å². The zero-order valence-corrected chi connectivity index (χ0v) is 15.9. The van der Waals surface area contributed by atoms with Crippen LogP contribution in [-0.4, -0.2) is 30.4 Å². The molecule has 0 aromatic heterocycles. The van der Waals surface area contributed by atoms with E-state index in [1.807, 2.05) is 32.0 Å². The first-order valence-electron chi connectivity index (χ1n) is 8.80. The summed E-state index contributed by atoms with van der Waals surface area (Å²) < 4.78 is 5.07. The lowest BCUT2D eigenvalue weighted by Gasteiger charge is -2.18. The molecule has 1 fully saturated rings. The lowest BCUT2D eigenvalue weighted by atomic mass is 10.1. The maximum atomic E-state index is 12.7. The van der Waals surface area contributed by atoms with Crippen LogP contribution in [0.5, 0.6) is 5.75 Å². The Bertz CT molecular complexity index is 937. The van der Waals surface area contributed by atoms with Gasteiger partial charge in [0.2, 0.25) is 11.8 Å². The Morgan fingerprint density at radius 2 is 1.89 bits per heavy atom. The molecule has 8 heteroatoms. The van der Waals surface area contributed by atoms with Crippen molar-refractivity contribution in [2.24, 2.45) is 5.92 Å². The molecule has 0 bridgehead atoms. The van der Waals surface area contributed by atoms with E-state index >= 15 is 0 Å². The number of carbonyl (C=O) groups is 2. The van der Waals surface area contributed by atoms with Crippen LogP contribution in [0.15, 0.2) is 36.4 Å². The first-order chi connectivity index (χ1) is 13.3. The maximum absolute atomic E-state index is 12.7. The van der Waals surface area contributed by atoms with Crippen molar-refractivity contribution >= 4 is 28.9 Å². The van der Waals surface area contributed by atoms with Crippen LogP contribution in [-0.2, 0) is 9.59 Å². The number of rotatable bonds is 5. The van der Waals surface area contributed by atoms with Gasteiger partial charge in [-0.15, -0.1) is 0 Å². The monoisotopic (exact) mass is 383 g/mol. The van der Waals surface area contributed by atoms with Crippen molar-refractivity contribution in [2.75, 3.05) is 23.9 Å². The van der Waals surface area contributed by atoms with Gasteiger partial charge in [0.1, 0.15) is 11.4 Å². The Hall–Kier alpha value is -3.42. The number of aryl methyl sites for hydroxylation is 2. The molecule has 1 atom stereocenters. The summed E-state index contributed by atoms with van der Waals surface area (Å²) in [6.45, 7) is 4.12. The number of nitrogens with zero attached hydrogens (tertiary/aromatic N) is 2. The number of carbonyl (C=O) groups excluding carboxylic acids is 2. The minimum absolute atomic E-state index is 0.0478. The van der Waals surface area contributed by atoms with Crippen LogP contribution in [0.4, 0.5) is 17.1 Å². The third kappa shape index (κ3) is 3.95. The number of amides is 2. The lowest BCUT2D eigenvalue weighted by Crippen LogP contribution is -2.28. The van der Waals surface area contributed by atoms with Crippen molar-refractivity contribution in [2.45, 2.75) is 20.3 Å². The molecule has 146 valence electrons. The number of nitro groups is 1. The van der Waals surface area contributed by atoms with Crippen LogP contribution in [0.3, 0.4) is 0 Å². The second-order valence-corrected chi connectivity index (χ2v) is 6.88. The van der Waals surface area contributed by atoms with Gasteiger partial charge in [0, 0.05) is 30.8 Å². The van der Waals surface area contributed by atoms with Crippen molar-refractivity contribution in [3.05, 3.63) is 57.6 Å². The zero-order valence-electron chi connectivity index (χ0n) is 15.9. The molecule has 1 saturated heterocycles. The first-order valence-corrected chi connectivity index (χ1v) is 8.80. The summed E-state index contributed by atoms with van der Waals surface area (Å²) in [5.41, 5.74) is 2.63. The highest BCUT2D eigenvalue weighted by molar-refractivity contribution is 6.04. The van der Waals surface area contributed by atoms with Gasteiger partial charge in [0.15, 0.2) is 0 Å². The van der Waals surface area contributed by atoms with Gasteiger partial charge >= 0.3 is 0 Å². The highest BCUT2D eigenvalue weighted by atomic mass is 16.6. The molecule has 0 saturated carbocycles. The fraction of sp³-hybridized carbons (Fsp3) is 0.300. The predicted molar refractivity (Wildman–Crippen MR) is 105 cm³/mol. The van der Waals surface area contributed by atoms with Crippen LogP contribution >= 0.6 is 0 Å². The van der Waals surface area contributed by atoms with Gasteiger partial charge in [0.05, 0.1) is 18.0 Å². The molecule has 1 heterocycles. The highest BCUT2D eigenvalue weighted by Crippen LogP contribution is 2.31. The van der Waals surface area contributed by atoms with Gasteiger partial charge < -0.3 is 15.0 Å². The van der Waals surface area contributed by atoms with Crippen molar-refractivity contribution in [1.82, 2.24) is 0 Å². The Balaban J connectivity index is 1.79. The lowest BCUT2D eigenvalue weighted by molar-refractivity contribution is -0.383. The van der Waals surface area contributed by atoms with Crippen molar-refractivity contribution in [3.63, 3.8) is 0 Å². The fourth-order valence-corrected chi connectivity index (χ4v) is 3.38. The van der Waals surface area contributed by atoms with E-state index in [2.05, 4.69) is 5.32 Å². The van der Waals surface area contributed by atoms with Crippen LogP contribution in [0.1, 0.15) is 17.5 Å². The molecule has 2 amide bonds. The van der Waals surface area contributed by atoms with E-state index in [1.165, 1.54) is 25.3 Å². The van der Waals surface area contributed by atoms with E-state index < -0.39 is 16.7 Å². The normalized spacial score (nSPS) is 16.2. The minimum Gasteiger partial charge on any atom is -0.497 e. The van der Waals surface area contributed by atoms with E-state index in [-0.39, 0.29) is 30.2 Å². The summed E-state index contributed by atoms with van der Waals surface area (Å²) in [5.74, 6) is -0.791. The van der Waals surface area contributed by atoms with Crippen molar-refractivity contribution < 1.29 is 19.2 Å². The van der Waals surface area contributed by atoms with E-state index in [1.54, 1.807) is 4.90 Å². The molecule has 0 unspecified atom stereocenters. The summed E-state index contributed by atoms with van der Waals surface area (Å²) in [6, 6.07) is 9.94. The number of hydrogen-bond donors (Lipinski definition) is 1. The summed E-state index contributed by atoms with van der Waals surface area (Å²) in [6.07, 6.45) is 0.0522. The van der Waals surface area contributed by atoms with Crippen LogP contribution in [0.25, 0.3) is 0 Å². The number of anilines is 2. The van der Waals surface area contributed by atoms with E-state index in [9.17, 15) is 19.7 Å². The van der Waals surface area contributed by atoms with Crippen LogP contribution in [0.2, 0.25) is 0 Å². The third-order valence-corrected chi connectivity index (χ3v) is 4.67. The molecule has 1 N–H and O–H groups in total. The maximum Gasteiger partial charge on any atom is 0.293 e. The van der Waals surface area contributed by atoms with E-state index in [0.717, 1.165) is 16.8 Å². The molecule has 0 aliphatic carbocycles. The van der Waals surface area contributed by atoms with Gasteiger partial charge in [-0.2, -0.15) is 0 Å². The Labute approximate surface area is 162 Å². The second-order valence-electron chi connectivity index (χ2n) is 6.88. The molecule has 1 aliphatic rings. The number of nitro benzene ring substituents is 1. The van der Waals surface area contributed by atoms with Gasteiger partial charge in [-0.05, 0) is 43.2 Å². The molecule has 2 aromatic carbocycles. The molecule has 0 radical (unpaired) electrons. The Kier molecular flexibility index (Phi) is 5.30. The molecular weight excluding hydrogens is 362 g/mol. The molecule has 8 nitrogen and oxygen atoms in total. The topological polar surface area (TPSA) is 102 Å². The number of ether oxygens (including phenoxy) is 1. The molecule has 3 rings (SSSR count). The zero-order chi connectivity index (χ0) is 20.4.